The minimum absolute atomic E-state index is 0.423. The van der Waals surface area contributed by atoms with Crippen molar-refractivity contribution in [3.63, 3.8) is 0 Å². The van der Waals surface area contributed by atoms with Crippen molar-refractivity contribution in [2.24, 2.45) is 11.8 Å². The lowest BCUT2D eigenvalue weighted by molar-refractivity contribution is 0.277. The second-order valence-corrected chi connectivity index (χ2v) is 6.21. The molecule has 0 aliphatic heterocycles. The molecule has 0 radical (unpaired) electrons. The number of hydrogen-bond donors (Lipinski definition) is 2. The van der Waals surface area contributed by atoms with Crippen molar-refractivity contribution in [3.8, 4) is 0 Å². The number of nitrogens with one attached hydrogen (secondary N) is 2. The quantitative estimate of drug-likeness (QED) is 0.803. The zero-order valence-corrected chi connectivity index (χ0v) is 13.0. The normalized spacial score (nSPS) is 23.2. The lowest BCUT2D eigenvalue weighted by Gasteiger charge is -2.27. The molecule has 5 heteroatoms. The summed E-state index contributed by atoms with van der Waals surface area (Å²) in [4.78, 5) is 0. The topological polar surface area (TPSA) is 63.0 Å². The maximum absolute atomic E-state index is 5.57. The van der Waals surface area contributed by atoms with Crippen LogP contribution in [-0.2, 0) is 6.54 Å². The van der Waals surface area contributed by atoms with E-state index in [4.69, 9.17) is 4.42 Å². The molecule has 1 aliphatic carbocycles. The number of rotatable bonds is 7. The summed E-state index contributed by atoms with van der Waals surface area (Å²) in [5, 5.41) is 14.6. The van der Waals surface area contributed by atoms with Crippen LogP contribution in [0.25, 0.3) is 0 Å². The van der Waals surface area contributed by atoms with E-state index in [9.17, 15) is 0 Å². The van der Waals surface area contributed by atoms with Gasteiger partial charge in [0.25, 0.3) is 0 Å². The third-order valence-corrected chi connectivity index (χ3v) is 4.21. The van der Waals surface area contributed by atoms with E-state index in [0.717, 1.165) is 18.4 Å². The minimum atomic E-state index is 0.423. The zero-order valence-electron chi connectivity index (χ0n) is 13.0. The van der Waals surface area contributed by atoms with Crippen LogP contribution in [0.1, 0.15) is 58.8 Å². The van der Waals surface area contributed by atoms with Crippen LogP contribution in [0.15, 0.2) is 4.42 Å². The van der Waals surface area contributed by atoms with Crippen molar-refractivity contribution >= 4 is 6.01 Å². The van der Waals surface area contributed by atoms with Crippen molar-refractivity contribution in [2.45, 2.75) is 65.5 Å². The number of aromatic nitrogens is 2. The van der Waals surface area contributed by atoms with E-state index in [1.54, 1.807) is 0 Å². The van der Waals surface area contributed by atoms with Gasteiger partial charge in [-0.1, -0.05) is 45.1 Å². The van der Waals surface area contributed by atoms with Gasteiger partial charge in [-0.25, -0.2) is 0 Å². The Morgan fingerprint density at radius 2 is 1.85 bits per heavy atom. The van der Waals surface area contributed by atoms with Gasteiger partial charge < -0.3 is 15.1 Å². The number of anilines is 1. The van der Waals surface area contributed by atoms with E-state index in [-0.39, 0.29) is 0 Å². The lowest BCUT2D eigenvalue weighted by Crippen LogP contribution is -2.22. The summed E-state index contributed by atoms with van der Waals surface area (Å²) < 4.78 is 5.57. The van der Waals surface area contributed by atoms with Crippen LogP contribution in [0.2, 0.25) is 0 Å². The Morgan fingerprint density at radius 1 is 1.15 bits per heavy atom. The molecule has 1 aliphatic rings. The molecule has 1 aromatic heterocycles. The van der Waals surface area contributed by atoms with Crippen molar-refractivity contribution in [2.75, 3.05) is 11.9 Å². The molecule has 2 N–H and O–H groups in total. The van der Waals surface area contributed by atoms with Gasteiger partial charge in [0.2, 0.25) is 5.89 Å². The molecule has 114 valence electrons. The van der Waals surface area contributed by atoms with Gasteiger partial charge in [-0.15, -0.1) is 5.10 Å². The fourth-order valence-corrected chi connectivity index (χ4v) is 2.76. The highest BCUT2D eigenvalue weighted by Crippen LogP contribution is 2.30. The van der Waals surface area contributed by atoms with Crippen molar-refractivity contribution < 1.29 is 4.42 Å². The first-order chi connectivity index (χ1) is 9.67. The molecular formula is C15H28N4O. The lowest BCUT2D eigenvalue weighted by atomic mass is 9.81. The first-order valence-corrected chi connectivity index (χ1v) is 7.97. The van der Waals surface area contributed by atoms with E-state index < -0.39 is 0 Å². The summed E-state index contributed by atoms with van der Waals surface area (Å²) in [5.74, 6) is 2.35. The fraction of sp³-hybridized carbons (Fsp3) is 0.867. The standard InChI is InChI=1S/C15H28N4O/c1-4-12-5-7-13(8-6-12)9-17-15-19-18-14(20-15)10-16-11(2)3/h11-13,16H,4-10H2,1-3H3,(H,17,19). The Morgan fingerprint density at radius 3 is 2.50 bits per heavy atom. The van der Waals surface area contributed by atoms with Gasteiger partial charge in [0.15, 0.2) is 0 Å². The molecule has 0 aromatic carbocycles. The SMILES string of the molecule is CCC1CCC(CNc2nnc(CNC(C)C)o2)CC1. The second kappa shape index (κ2) is 7.62. The van der Waals surface area contributed by atoms with Crippen molar-refractivity contribution in [1.29, 1.82) is 0 Å². The molecule has 0 bridgehead atoms. The van der Waals surface area contributed by atoms with Crippen LogP contribution in [-0.4, -0.2) is 22.8 Å². The Bertz CT molecular complexity index is 383. The first kappa shape index (κ1) is 15.3. The Kier molecular flexibility index (Phi) is 5.83. The van der Waals surface area contributed by atoms with Crippen LogP contribution < -0.4 is 10.6 Å². The van der Waals surface area contributed by atoms with E-state index in [0.29, 0.717) is 24.5 Å². The molecule has 1 fully saturated rings. The van der Waals surface area contributed by atoms with Crippen LogP contribution in [0, 0.1) is 11.8 Å². The van der Waals surface area contributed by atoms with Gasteiger partial charge in [-0.3, -0.25) is 0 Å². The van der Waals surface area contributed by atoms with Gasteiger partial charge >= 0.3 is 6.01 Å². The largest absolute Gasteiger partial charge is 0.407 e. The average molecular weight is 280 g/mol. The third-order valence-electron chi connectivity index (χ3n) is 4.21. The summed E-state index contributed by atoms with van der Waals surface area (Å²) in [6.07, 6.45) is 6.71. The van der Waals surface area contributed by atoms with Crippen LogP contribution in [0.5, 0.6) is 0 Å². The predicted octanol–water partition coefficient (Wildman–Crippen LogP) is 3.20. The second-order valence-electron chi connectivity index (χ2n) is 6.21. The van der Waals surface area contributed by atoms with Gasteiger partial charge in [0.1, 0.15) is 0 Å². The molecule has 0 atom stereocenters. The molecule has 20 heavy (non-hydrogen) atoms. The smallest absolute Gasteiger partial charge is 0.315 e. The summed E-state index contributed by atoms with van der Waals surface area (Å²) in [6, 6.07) is 0.982. The van der Waals surface area contributed by atoms with Crippen molar-refractivity contribution in [3.05, 3.63) is 5.89 Å². The fourth-order valence-electron chi connectivity index (χ4n) is 2.76. The van der Waals surface area contributed by atoms with Gasteiger partial charge in [-0.2, -0.15) is 0 Å². The van der Waals surface area contributed by atoms with E-state index in [2.05, 4.69) is 41.6 Å². The molecule has 0 spiro atoms. The van der Waals surface area contributed by atoms with Crippen LogP contribution in [0.3, 0.4) is 0 Å². The molecule has 5 nitrogen and oxygen atoms in total. The molecule has 0 saturated heterocycles. The highest BCUT2D eigenvalue weighted by molar-refractivity contribution is 5.16. The maximum atomic E-state index is 5.57. The Balaban J connectivity index is 1.69. The summed E-state index contributed by atoms with van der Waals surface area (Å²) >= 11 is 0. The Hall–Kier alpha value is -1.10. The maximum Gasteiger partial charge on any atom is 0.315 e. The summed E-state index contributed by atoms with van der Waals surface area (Å²) in [5.41, 5.74) is 0. The van der Waals surface area contributed by atoms with Crippen molar-refractivity contribution in [1.82, 2.24) is 15.5 Å². The highest BCUT2D eigenvalue weighted by atomic mass is 16.4. The summed E-state index contributed by atoms with van der Waals surface area (Å²) in [6.45, 7) is 8.09. The monoisotopic (exact) mass is 280 g/mol. The molecular weight excluding hydrogens is 252 g/mol. The van der Waals surface area contributed by atoms with E-state index in [1.165, 1.54) is 32.1 Å². The van der Waals surface area contributed by atoms with Gasteiger partial charge in [-0.05, 0) is 24.7 Å². The molecule has 0 amide bonds. The van der Waals surface area contributed by atoms with Crippen LogP contribution in [0.4, 0.5) is 6.01 Å². The highest BCUT2D eigenvalue weighted by Gasteiger charge is 2.20. The van der Waals surface area contributed by atoms with E-state index >= 15 is 0 Å². The predicted molar refractivity (Wildman–Crippen MR) is 80.5 cm³/mol. The average Bonchev–Trinajstić information content (AvgIpc) is 2.91. The molecule has 1 saturated carbocycles. The molecule has 2 rings (SSSR count). The first-order valence-electron chi connectivity index (χ1n) is 7.97. The molecule has 1 heterocycles. The minimum Gasteiger partial charge on any atom is -0.407 e. The zero-order chi connectivity index (χ0) is 14.4. The van der Waals surface area contributed by atoms with Crippen LogP contribution >= 0.6 is 0 Å². The third kappa shape index (κ3) is 4.78. The van der Waals surface area contributed by atoms with E-state index in [1.807, 2.05) is 0 Å². The number of nitrogens with zero attached hydrogens (tertiary/aromatic N) is 2. The molecule has 1 aromatic rings. The Labute approximate surface area is 121 Å². The summed E-state index contributed by atoms with van der Waals surface area (Å²) in [7, 11) is 0. The van der Waals surface area contributed by atoms with Gasteiger partial charge in [0, 0.05) is 12.6 Å². The number of hydrogen-bond acceptors (Lipinski definition) is 5. The van der Waals surface area contributed by atoms with Gasteiger partial charge in [0.05, 0.1) is 6.54 Å². The molecule has 0 unspecified atom stereocenters.